The summed E-state index contributed by atoms with van der Waals surface area (Å²) in [5, 5.41) is 11.7. The van der Waals surface area contributed by atoms with Gasteiger partial charge in [0.05, 0.1) is 13.7 Å². The number of amidine groups is 1. The monoisotopic (exact) mass is 444 g/mol. The number of ether oxygens (including phenoxy) is 2. The molecule has 0 bridgehead atoms. The molecule has 0 saturated carbocycles. The fraction of sp³-hybridized carbons (Fsp3) is 0.435. The predicted molar refractivity (Wildman–Crippen MR) is 122 cm³/mol. The van der Waals surface area contributed by atoms with Gasteiger partial charge in [-0.1, -0.05) is 13.8 Å². The molecule has 32 heavy (non-hydrogen) atoms. The smallest absolute Gasteiger partial charge is 0.270 e. The lowest BCUT2D eigenvalue weighted by atomic mass is 10.0. The van der Waals surface area contributed by atoms with Gasteiger partial charge in [-0.05, 0) is 49.1 Å². The number of hydrogen-bond acceptors (Lipinski definition) is 6. The summed E-state index contributed by atoms with van der Waals surface area (Å²) in [6.07, 6.45) is 5.49. The molecule has 0 fully saturated rings. The van der Waals surface area contributed by atoms with Crippen molar-refractivity contribution in [2.75, 3.05) is 26.8 Å². The Morgan fingerprint density at radius 1 is 1.31 bits per heavy atom. The van der Waals surface area contributed by atoms with Crippen LogP contribution in [-0.2, 0) is 9.59 Å². The van der Waals surface area contributed by atoms with Crippen molar-refractivity contribution in [3.8, 4) is 11.5 Å². The molecule has 9 heteroatoms. The topological polar surface area (TPSA) is 126 Å². The molecule has 1 aliphatic heterocycles. The van der Waals surface area contributed by atoms with Crippen molar-refractivity contribution in [1.29, 1.82) is 0 Å². The molecule has 1 heterocycles. The van der Waals surface area contributed by atoms with Crippen molar-refractivity contribution in [2.45, 2.75) is 32.7 Å². The van der Waals surface area contributed by atoms with E-state index in [0.29, 0.717) is 36.6 Å². The first-order chi connectivity index (χ1) is 15.3. The van der Waals surface area contributed by atoms with Crippen LogP contribution in [0.4, 0.5) is 0 Å². The molecule has 1 aliphatic rings. The lowest BCUT2D eigenvalue weighted by Gasteiger charge is -2.26. The molecule has 174 valence electrons. The van der Waals surface area contributed by atoms with Gasteiger partial charge in [-0.15, -0.1) is 0 Å². The van der Waals surface area contributed by atoms with Gasteiger partial charge >= 0.3 is 0 Å². The number of benzene rings is 1. The number of nitrogens with one attached hydrogen (secondary N) is 1. The number of methoxy groups -OCH3 is 1. The fourth-order valence-electron chi connectivity index (χ4n) is 3.09. The average Bonchev–Trinajstić information content (AvgIpc) is 3.11. The minimum Gasteiger partial charge on any atom is -0.497 e. The molecule has 0 radical (unpaired) electrons. The summed E-state index contributed by atoms with van der Waals surface area (Å²) >= 11 is 0. The second kappa shape index (κ2) is 12.5. The summed E-state index contributed by atoms with van der Waals surface area (Å²) in [4.78, 5) is 30.9. The molecule has 2 rings (SSSR count). The van der Waals surface area contributed by atoms with E-state index in [9.17, 15) is 9.59 Å². The molecule has 0 spiro atoms. The summed E-state index contributed by atoms with van der Waals surface area (Å²) in [5.74, 6) is 1.13. The number of nitrogens with zero attached hydrogens (tertiary/aromatic N) is 2. The molecular formula is C23H32N4O5. The van der Waals surface area contributed by atoms with Gasteiger partial charge in [0.1, 0.15) is 29.1 Å². The summed E-state index contributed by atoms with van der Waals surface area (Å²) in [6, 6.07) is 6.27. The molecule has 2 amide bonds. The van der Waals surface area contributed by atoms with Crippen LogP contribution in [0.2, 0.25) is 0 Å². The Labute approximate surface area is 188 Å². The quantitative estimate of drug-likeness (QED) is 0.254. The van der Waals surface area contributed by atoms with E-state index in [1.807, 2.05) is 13.8 Å². The number of aliphatic hydroxyl groups excluding tert-OH is 1. The first-order valence-corrected chi connectivity index (χ1v) is 10.6. The number of carbonyl (C=O) groups is 2. The third-order valence-electron chi connectivity index (χ3n) is 4.65. The van der Waals surface area contributed by atoms with Crippen molar-refractivity contribution in [1.82, 2.24) is 10.2 Å². The highest BCUT2D eigenvalue weighted by Gasteiger charge is 2.34. The van der Waals surface area contributed by atoms with Crippen molar-refractivity contribution < 1.29 is 24.2 Å². The lowest BCUT2D eigenvalue weighted by Crippen LogP contribution is -2.43. The number of carbonyl (C=O) groups excluding carboxylic acids is 2. The van der Waals surface area contributed by atoms with Crippen LogP contribution in [0.25, 0.3) is 0 Å². The van der Waals surface area contributed by atoms with Gasteiger partial charge in [-0.25, -0.2) is 0 Å². The van der Waals surface area contributed by atoms with E-state index in [-0.39, 0.29) is 30.8 Å². The minimum absolute atomic E-state index is 0.0366. The van der Waals surface area contributed by atoms with Crippen molar-refractivity contribution >= 4 is 17.6 Å². The molecule has 0 aromatic heterocycles. The van der Waals surface area contributed by atoms with Crippen LogP contribution in [-0.4, -0.2) is 60.5 Å². The maximum absolute atomic E-state index is 12.9. The second-order valence-electron chi connectivity index (χ2n) is 7.74. The van der Waals surface area contributed by atoms with E-state index in [0.717, 1.165) is 0 Å². The first-order valence-electron chi connectivity index (χ1n) is 10.6. The third kappa shape index (κ3) is 7.73. The Bertz CT molecular complexity index is 862. The van der Waals surface area contributed by atoms with Gasteiger partial charge in [0, 0.05) is 25.4 Å². The number of amides is 2. The summed E-state index contributed by atoms with van der Waals surface area (Å²) in [5.41, 5.74) is 5.85. The van der Waals surface area contributed by atoms with Crippen LogP contribution < -0.4 is 20.5 Å². The van der Waals surface area contributed by atoms with E-state index >= 15 is 0 Å². The van der Waals surface area contributed by atoms with E-state index in [4.69, 9.17) is 20.3 Å². The molecular weight excluding hydrogens is 412 g/mol. The van der Waals surface area contributed by atoms with Crippen molar-refractivity contribution in [3.05, 3.63) is 48.4 Å². The number of nitrogens with two attached hydrogens (primary N) is 1. The Morgan fingerprint density at radius 2 is 2.00 bits per heavy atom. The highest BCUT2D eigenvalue weighted by molar-refractivity contribution is 6.03. The standard InChI is InChI=1S/C23H32N4O5/c1-16(2)13-20(23(30)26-21(24)9-11-25-10-4-12-28)27-15-19(14-22(27)29)32-18-7-5-17(31-3)6-8-18/h5-9,11,14,16,20,25,28H,4,10,12-13,15H2,1-3H3,(H2,24,26,30)/b11-9-. The normalized spacial score (nSPS) is 15.3. The van der Waals surface area contributed by atoms with Gasteiger partial charge < -0.3 is 30.5 Å². The zero-order chi connectivity index (χ0) is 23.5. The van der Waals surface area contributed by atoms with Crippen LogP contribution >= 0.6 is 0 Å². The van der Waals surface area contributed by atoms with Gasteiger partial charge in [-0.2, -0.15) is 4.99 Å². The van der Waals surface area contributed by atoms with E-state index in [1.54, 1.807) is 37.6 Å². The Morgan fingerprint density at radius 3 is 2.62 bits per heavy atom. The van der Waals surface area contributed by atoms with Crippen LogP contribution in [0.15, 0.2) is 53.4 Å². The SMILES string of the molecule is COc1ccc(OC2=CC(=O)N(C(CC(C)C)C(=O)N=C(N)/C=C\NCCCO)C2)cc1. The highest BCUT2D eigenvalue weighted by atomic mass is 16.5. The maximum Gasteiger partial charge on any atom is 0.270 e. The Kier molecular flexibility index (Phi) is 9.75. The molecule has 9 nitrogen and oxygen atoms in total. The van der Waals surface area contributed by atoms with E-state index < -0.39 is 11.9 Å². The molecule has 1 unspecified atom stereocenters. The largest absolute Gasteiger partial charge is 0.497 e. The zero-order valence-corrected chi connectivity index (χ0v) is 18.8. The maximum atomic E-state index is 12.9. The zero-order valence-electron chi connectivity index (χ0n) is 18.8. The van der Waals surface area contributed by atoms with Gasteiger partial charge in [-0.3, -0.25) is 9.59 Å². The molecule has 0 aliphatic carbocycles. The average molecular weight is 445 g/mol. The van der Waals surface area contributed by atoms with E-state index in [1.165, 1.54) is 17.1 Å². The van der Waals surface area contributed by atoms with E-state index in [2.05, 4.69) is 10.3 Å². The molecule has 1 aromatic rings. The van der Waals surface area contributed by atoms with Crippen molar-refractivity contribution in [3.63, 3.8) is 0 Å². The molecule has 1 aromatic carbocycles. The summed E-state index contributed by atoms with van der Waals surface area (Å²) in [7, 11) is 1.58. The highest BCUT2D eigenvalue weighted by Crippen LogP contribution is 2.24. The summed E-state index contributed by atoms with van der Waals surface area (Å²) < 4.78 is 10.9. The summed E-state index contributed by atoms with van der Waals surface area (Å²) in [6.45, 7) is 4.78. The molecule has 1 atom stereocenters. The van der Waals surface area contributed by atoms with Crippen molar-refractivity contribution in [2.24, 2.45) is 16.6 Å². The number of rotatable bonds is 12. The van der Waals surface area contributed by atoms with Crippen LogP contribution in [0.5, 0.6) is 11.5 Å². The Hall–Kier alpha value is -3.33. The van der Waals surface area contributed by atoms with Gasteiger partial charge in [0.15, 0.2) is 0 Å². The predicted octanol–water partition coefficient (Wildman–Crippen LogP) is 1.58. The van der Waals surface area contributed by atoms with Gasteiger partial charge in [0.25, 0.3) is 11.8 Å². The fourth-order valence-corrected chi connectivity index (χ4v) is 3.09. The number of hydrogen-bond donors (Lipinski definition) is 3. The lowest BCUT2D eigenvalue weighted by molar-refractivity contribution is -0.134. The third-order valence-corrected chi connectivity index (χ3v) is 4.65. The molecule has 4 N–H and O–H groups in total. The van der Waals surface area contributed by atoms with Gasteiger partial charge in [0.2, 0.25) is 0 Å². The van der Waals surface area contributed by atoms with Crippen LogP contribution in [0, 0.1) is 5.92 Å². The van der Waals surface area contributed by atoms with Crippen LogP contribution in [0.1, 0.15) is 26.7 Å². The number of aliphatic hydroxyl groups is 1. The Balaban J connectivity index is 2.05. The first kappa shape index (κ1) is 24.9. The number of aliphatic imine (C=N–C) groups is 1. The molecule has 0 saturated heterocycles. The minimum atomic E-state index is -0.745. The van der Waals surface area contributed by atoms with Crippen LogP contribution in [0.3, 0.4) is 0 Å². The second-order valence-corrected chi connectivity index (χ2v) is 7.74.